The van der Waals surface area contributed by atoms with Gasteiger partial charge in [-0.15, -0.1) is 0 Å². The maximum Gasteiger partial charge on any atom is 0.266 e. The number of halogens is 1. The number of hydrogen-bond acceptors (Lipinski definition) is 3. The fourth-order valence-electron chi connectivity index (χ4n) is 2.36. The van der Waals surface area contributed by atoms with Crippen LogP contribution in [0.4, 0.5) is 10.1 Å². The van der Waals surface area contributed by atoms with E-state index in [0.29, 0.717) is 22.8 Å². The number of nitrogens with zero attached hydrogens (tertiary/aromatic N) is 1. The van der Waals surface area contributed by atoms with Crippen LogP contribution in [0.3, 0.4) is 0 Å². The van der Waals surface area contributed by atoms with Crippen LogP contribution in [0.15, 0.2) is 70.7 Å². The Bertz CT molecular complexity index is 1010. The second-order valence-electron chi connectivity index (χ2n) is 5.67. The molecule has 0 radical (unpaired) electrons. The van der Waals surface area contributed by atoms with Crippen molar-refractivity contribution in [2.45, 2.75) is 6.92 Å². The van der Waals surface area contributed by atoms with Gasteiger partial charge in [-0.3, -0.25) is 4.79 Å². The Morgan fingerprint density at radius 1 is 1.12 bits per heavy atom. The van der Waals surface area contributed by atoms with E-state index in [9.17, 15) is 14.4 Å². The first-order valence-corrected chi connectivity index (χ1v) is 7.91. The molecule has 0 aliphatic rings. The molecule has 5 heteroatoms. The van der Waals surface area contributed by atoms with Gasteiger partial charge in [0.2, 0.25) is 0 Å². The van der Waals surface area contributed by atoms with Gasteiger partial charge in [-0.1, -0.05) is 29.8 Å². The van der Waals surface area contributed by atoms with Crippen LogP contribution >= 0.6 is 0 Å². The molecule has 26 heavy (non-hydrogen) atoms. The van der Waals surface area contributed by atoms with Gasteiger partial charge in [0.25, 0.3) is 5.91 Å². The molecule has 4 nitrogen and oxygen atoms in total. The Kier molecular flexibility index (Phi) is 4.95. The van der Waals surface area contributed by atoms with Gasteiger partial charge in [-0.05, 0) is 43.3 Å². The number of anilines is 1. The molecule has 0 aliphatic carbocycles. The van der Waals surface area contributed by atoms with Crippen LogP contribution in [-0.2, 0) is 4.79 Å². The largest absolute Gasteiger partial charge is 0.457 e. The van der Waals surface area contributed by atoms with E-state index in [4.69, 9.17) is 4.42 Å². The molecule has 0 saturated carbocycles. The number of aryl methyl sites for hydroxylation is 1. The summed E-state index contributed by atoms with van der Waals surface area (Å²) in [7, 11) is 0. The van der Waals surface area contributed by atoms with Crippen molar-refractivity contribution in [3.63, 3.8) is 0 Å². The molecule has 1 N–H and O–H groups in total. The minimum absolute atomic E-state index is 0.111. The summed E-state index contributed by atoms with van der Waals surface area (Å²) in [5.41, 5.74) is 1.86. The summed E-state index contributed by atoms with van der Waals surface area (Å²) in [6, 6.07) is 18.5. The van der Waals surface area contributed by atoms with Crippen molar-refractivity contribution < 1.29 is 13.6 Å². The third-order valence-corrected chi connectivity index (χ3v) is 3.73. The molecule has 0 atom stereocenters. The van der Waals surface area contributed by atoms with E-state index in [2.05, 4.69) is 5.32 Å². The van der Waals surface area contributed by atoms with Crippen LogP contribution in [0.1, 0.15) is 11.3 Å². The molecule has 1 aromatic heterocycles. The van der Waals surface area contributed by atoms with Crippen LogP contribution in [0.5, 0.6) is 0 Å². The summed E-state index contributed by atoms with van der Waals surface area (Å²) in [5, 5.41) is 11.9. The highest BCUT2D eigenvalue weighted by atomic mass is 19.1. The molecule has 128 valence electrons. The number of nitriles is 1. The van der Waals surface area contributed by atoms with Gasteiger partial charge in [0, 0.05) is 11.8 Å². The van der Waals surface area contributed by atoms with Crippen LogP contribution in [0.2, 0.25) is 0 Å². The zero-order valence-electron chi connectivity index (χ0n) is 14.0. The molecule has 0 spiro atoms. The lowest BCUT2D eigenvalue weighted by molar-refractivity contribution is -0.112. The van der Waals surface area contributed by atoms with Gasteiger partial charge in [0.1, 0.15) is 29.0 Å². The average Bonchev–Trinajstić information content (AvgIpc) is 3.10. The lowest BCUT2D eigenvalue weighted by atomic mass is 10.1. The molecular weight excluding hydrogens is 331 g/mol. The van der Waals surface area contributed by atoms with Gasteiger partial charge in [0.15, 0.2) is 0 Å². The number of hydrogen-bond donors (Lipinski definition) is 1. The summed E-state index contributed by atoms with van der Waals surface area (Å²) < 4.78 is 19.4. The molecule has 2 aromatic carbocycles. The molecule has 0 aliphatic heterocycles. The zero-order valence-corrected chi connectivity index (χ0v) is 14.0. The van der Waals surface area contributed by atoms with Crippen molar-refractivity contribution in [1.82, 2.24) is 0 Å². The monoisotopic (exact) mass is 346 g/mol. The quantitative estimate of drug-likeness (QED) is 0.537. The number of carbonyl (C=O) groups is 1. The molecule has 0 unspecified atom stereocenters. The first kappa shape index (κ1) is 17.2. The number of furan rings is 1. The highest BCUT2D eigenvalue weighted by molar-refractivity contribution is 6.09. The lowest BCUT2D eigenvalue weighted by Crippen LogP contribution is -2.13. The highest BCUT2D eigenvalue weighted by Crippen LogP contribution is 2.25. The van der Waals surface area contributed by atoms with Crippen molar-refractivity contribution >= 4 is 17.7 Å². The van der Waals surface area contributed by atoms with Crippen molar-refractivity contribution in [2.24, 2.45) is 0 Å². The van der Waals surface area contributed by atoms with Crippen molar-refractivity contribution in [1.29, 1.82) is 5.26 Å². The third-order valence-electron chi connectivity index (χ3n) is 3.73. The van der Waals surface area contributed by atoms with Gasteiger partial charge in [-0.2, -0.15) is 5.26 Å². The fraction of sp³-hybridized carbons (Fsp3) is 0.0476. The summed E-state index contributed by atoms with van der Waals surface area (Å²) in [5.74, 6) is -0.334. The predicted octanol–water partition coefficient (Wildman–Crippen LogP) is 4.94. The predicted molar refractivity (Wildman–Crippen MR) is 97.5 cm³/mol. The topological polar surface area (TPSA) is 66.0 Å². The minimum Gasteiger partial charge on any atom is -0.457 e. The Balaban J connectivity index is 1.81. The molecule has 3 rings (SSSR count). The fourth-order valence-corrected chi connectivity index (χ4v) is 2.36. The molecule has 1 amide bonds. The van der Waals surface area contributed by atoms with Crippen molar-refractivity contribution in [3.8, 4) is 17.4 Å². The van der Waals surface area contributed by atoms with E-state index in [1.165, 1.54) is 12.1 Å². The smallest absolute Gasteiger partial charge is 0.266 e. The molecule has 3 aromatic rings. The molecule has 0 fully saturated rings. The minimum atomic E-state index is -0.541. The van der Waals surface area contributed by atoms with Crippen LogP contribution < -0.4 is 5.32 Å². The van der Waals surface area contributed by atoms with E-state index in [1.54, 1.807) is 42.5 Å². The van der Waals surface area contributed by atoms with Crippen molar-refractivity contribution in [3.05, 3.63) is 83.4 Å². The van der Waals surface area contributed by atoms with Gasteiger partial charge in [0.05, 0.1) is 5.56 Å². The standard InChI is InChI=1S/C21H15FN2O2/c1-14-6-8-16(9-7-14)24-21(25)15(13-23)12-17-10-11-20(26-17)18-4-2-3-5-19(18)22/h2-12H,1H3,(H,24,25). The maximum absolute atomic E-state index is 13.8. The van der Waals surface area contributed by atoms with Gasteiger partial charge < -0.3 is 9.73 Å². The van der Waals surface area contributed by atoms with E-state index >= 15 is 0 Å². The SMILES string of the molecule is Cc1ccc(NC(=O)C(C#N)=Cc2ccc(-c3ccccc3F)o2)cc1. The summed E-state index contributed by atoms with van der Waals surface area (Å²) in [4.78, 5) is 12.3. The number of amides is 1. The van der Waals surface area contributed by atoms with E-state index < -0.39 is 11.7 Å². The third kappa shape index (κ3) is 3.87. The summed E-state index contributed by atoms with van der Waals surface area (Å²) in [6.45, 7) is 1.94. The normalized spacial score (nSPS) is 11.0. The first-order chi connectivity index (χ1) is 12.6. The molecule has 0 bridgehead atoms. The Hall–Kier alpha value is -3.65. The summed E-state index contributed by atoms with van der Waals surface area (Å²) in [6.07, 6.45) is 1.33. The van der Waals surface area contributed by atoms with Crippen molar-refractivity contribution in [2.75, 3.05) is 5.32 Å². The van der Waals surface area contributed by atoms with Crippen LogP contribution in [0.25, 0.3) is 17.4 Å². The van der Waals surface area contributed by atoms with Gasteiger partial charge >= 0.3 is 0 Å². The van der Waals surface area contributed by atoms with E-state index in [0.717, 1.165) is 5.56 Å². The molecular formula is C21H15FN2O2. The van der Waals surface area contributed by atoms with Gasteiger partial charge in [-0.25, -0.2) is 4.39 Å². The Morgan fingerprint density at radius 2 is 1.85 bits per heavy atom. The number of benzene rings is 2. The lowest BCUT2D eigenvalue weighted by Gasteiger charge is -2.04. The van der Waals surface area contributed by atoms with Crippen LogP contribution in [0, 0.1) is 24.1 Å². The zero-order chi connectivity index (χ0) is 18.5. The highest BCUT2D eigenvalue weighted by Gasteiger charge is 2.12. The first-order valence-electron chi connectivity index (χ1n) is 7.91. The van der Waals surface area contributed by atoms with E-state index in [-0.39, 0.29) is 5.57 Å². The summed E-state index contributed by atoms with van der Waals surface area (Å²) >= 11 is 0. The molecule has 0 saturated heterocycles. The average molecular weight is 346 g/mol. The van der Waals surface area contributed by atoms with Crippen LogP contribution in [-0.4, -0.2) is 5.91 Å². The number of rotatable bonds is 4. The molecule has 1 heterocycles. The number of carbonyl (C=O) groups excluding carboxylic acids is 1. The number of nitrogens with one attached hydrogen (secondary N) is 1. The Morgan fingerprint density at radius 3 is 2.54 bits per heavy atom. The maximum atomic E-state index is 13.8. The second kappa shape index (κ2) is 7.49. The van der Waals surface area contributed by atoms with E-state index in [1.807, 2.05) is 25.1 Å². The second-order valence-corrected chi connectivity index (χ2v) is 5.67. The Labute approximate surface area is 150 Å².